The second kappa shape index (κ2) is 7.15. The lowest BCUT2D eigenvalue weighted by Crippen LogP contribution is -2.19. The maximum Gasteiger partial charge on any atom is 0.0965 e. The quantitative estimate of drug-likeness (QED) is 0.834. The van der Waals surface area contributed by atoms with Crippen molar-refractivity contribution in [3.63, 3.8) is 0 Å². The minimum Gasteiger partial charge on any atom is -0.310 e. The standard InChI is InChI=1S/C15H24N2S/c1-3-9-16-12(2)13-8-10-17-15(11-13)18-14-6-4-5-7-14/h8,10-12,14,16H,3-7,9H2,1-2H3. The van der Waals surface area contributed by atoms with Gasteiger partial charge in [-0.1, -0.05) is 19.8 Å². The summed E-state index contributed by atoms with van der Waals surface area (Å²) >= 11 is 1.97. The lowest BCUT2D eigenvalue weighted by atomic mass is 10.1. The van der Waals surface area contributed by atoms with Crippen LogP contribution in [-0.2, 0) is 0 Å². The third-order valence-electron chi connectivity index (χ3n) is 3.55. The number of nitrogens with one attached hydrogen (secondary N) is 1. The molecule has 0 spiro atoms. The van der Waals surface area contributed by atoms with Crippen molar-refractivity contribution in [2.75, 3.05) is 6.54 Å². The molecule has 1 atom stereocenters. The van der Waals surface area contributed by atoms with Gasteiger partial charge in [-0.3, -0.25) is 0 Å². The Balaban J connectivity index is 1.95. The summed E-state index contributed by atoms with van der Waals surface area (Å²) in [6.07, 6.45) is 8.65. The molecule has 1 N–H and O–H groups in total. The van der Waals surface area contributed by atoms with Crippen molar-refractivity contribution < 1.29 is 0 Å². The fourth-order valence-electron chi connectivity index (χ4n) is 2.41. The highest BCUT2D eigenvalue weighted by Gasteiger charge is 2.17. The number of hydrogen-bond acceptors (Lipinski definition) is 3. The smallest absolute Gasteiger partial charge is 0.0965 e. The molecule has 1 fully saturated rings. The Hall–Kier alpha value is -0.540. The summed E-state index contributed by atoms with van der Waals surface area (Å²) in [6.45, 7) is 5.51. The Morgan fingerprint density at radius 3 is 2.94 bits per heavy atom. The number of pyridine rings is 1. The molecule has 3 heteroatoms. The number of aromatic nitrogens is 1. The predicted octanol–water partition coefficient (Wildman–Crippen LogP) is 4.18. The van der Waals surface area contributed by atoms with Crippen molar-refractivity contribution in [1.29, 1.82) is 0 Å². The normalized spacial score (nSPS) is 18.1. The summed E-state index contributed by atoms with van der Waals surface area (Å²) in [7, 11) is 0. The lowest BCUT2D eigenvalue weighted by Gasteiger charge is -2.15. The van der Waals surface area contributed by atoms with E-state index >= 15 is 0 Å². The van der Waals surface area contributed by atoms with Crippen LogP contribution in [0.2, 0.25) is 0 Å². The van der Waals surface area contributed by atoms with Crippen LogP contribution in [0, 0.1) is 0 Å². The maximum atomic E-state index is 4.50. The number of rotatable bonds is 6. The molecule has 1 aliphatic rings. The molecule has 1 aliphatic carbocycles. The van der Waals surface area contributed by atoms with Crippen LogP contribution in [0.4, 0.5) is 0 Å². The van der Waals surface area contributed by atoms with Crippen molar-refractivity contribution in [2.24, 2.45) is 0 Å². The molecular weight excluding hydrogens is 240 g/mol. The number of nitrogens with zero attached hydrogens (tertiary/aromatic N) is 1. The summed E-state index contributed by atoms with van der Waals surface area (Å²) in [6, 6.07) is 4.82. The van der Waals surface area contributed by atoms with E-state index in [1.165, 1.54) is 42.7 Å². The molecule has 0 aliphatic heterocycles. The molecule has 0 amide bonds. The van der Waals surface area contributed by atoms with Gasteiger partial charge in [-0.2, -0.15) is 0 Å². The van der Waals surface area contributed by atoms with Crippen molar-refractivity contribution >= 4 is 11.8 Å². The summed E-state index contributed by atoms with van der Waals surface area (Å²) in [4.78, 5) is 4.50. The minimum absolute atomic E-state index is 0.427. The fraction of sp³-hybridized carbons (Fsp3) is 0.667. The van der Waals surface area contributed by atoms with Gasteiger partial charge in [0.2, 0.25) is 0 Å². The fourth-order valence-corrected chi connectivity index (χ4v) is 3.65. The average Bonchev–Trinajstić information content (AvgIpc) is 2.89. The zero-order chi connectivity index (χ0) is 12.8. The van der Waals surface area contributed by atoms with E-state index in [0.717, 1.165) is 11.8 Å². The van der Waals surface area contributed by atoms with Gasteiger partial charge in [0.05, 0.1) is 5.03 Å². The van der Waals surface area contributed by atoms with Crippen LogP contribution >= 0.6 is 11.8 Å². The molecule has 1 saturated carbocycles. The van der Waals surface area contributed by atoms with Gasteiger partial charge in [-0.15, -0.1) is 11.8 Å². The van der Waals surface area contributed by atoms with Gasteiger partial charge in [0.15, 0.2) is 0 Å². The summed E-state index contributed by atoms with van der Waals surface area (Å²) in [5.41, 5.74) is 1.36. The highest BCUT2D eigenvalue weighted by atomic mass is 32.2. The Morgan fingerprint density at radius 2 is 2.22 bits per heavy atom. The first-order chi connectivity index (χ1) is 8.79. The first-order valence-electron chi connectivity index (χ1n) is 7.15. The van der Waals surface area contributed by atoms with E-state index in [9.17, 15) is 0 Å². The largest absolute Gasteiger partial charge is 0.310 e. The average molecular weight is 264 g/mol. The van der Waals surface area contributed by atoms with E-state index in [4.69, 9.17) is 0 Å². The molecule has 0 radical (unpaired) electrons. The molecule has 2 nitrogen and oxygen atoms in total. The minimum atomic E-state index is 0.427. The molecule has 1 unspecified atom stereocenters. The highest BCUT2D eigenvalue weighted by molar-refractivity contribution is 7.99. The highest BCUT2D eigenvalue weighted by Crippen LogP contribution is 2.34. The molecule has 0 aromatic carbocycles. The predicted molar refractivity (Wildman–Crippen MR) is 79.1 cm³/mol. The first-order valence-corrected chi connectivity index (χ1v) is 8.03. The SMILES string of the molecule is CCCNC(C)c1ccnc(SC2CCCC2)c1. The Labute approximate surface area is 115 Å². The zero-order valence-electron chi connectivity index (χ0n) is 11.5. The van der Waals surface area contributed by atoms with Crippen molar-refractivity contribution in [1.82, 2.24) is 10.3 Å². The molecule has 100 valence electrons. The Morgan fingerprint density at radius 1 is 1.44 bits per heavy atom. The van der Waals surface area contributed by atoms with E-state index in [-0.39, 0.29) is 0 Å². The molecule has 1 aromatic heterocycles. The molecule has 0 bridgehead atoms. The Kier molecular flexibility index (Phi) is 5.51. The summed E-state index contributed by atoms with van der Waals surface area (Å²) < 4.78 is 0. The van der Waals surface area contributed by atoms with Gasteiger partial charge in [-0.25, -0.2) is 4.98 Å². The van der Waals surface area contributed by atoms with Crippen LogP contribution in [0.25, 0.3) is 0 Å². The van der Waals surface area contributed by atoms with E-state index in [1.807, 2.05) is 18.0 Å². The topological polar surface area (TPSA) is 24.9 Å². The van der Waals surface area contributed by atoms with E-state index in [0.29, 0.717) is 6.04 Å². The second-order valence-corrected chi connectivity index (χ2v) is 6.45. The summed E-state index contributed by atoms with van der Waals surface area (Å²) in [5, 5.41) is 5.53. The molecular formula is C15H24N2S. The summed E-state index contributed by atoms with van der Waals surface area (Å²) in [5.74, 6) is 0. The van der Waals surface area contributed by atoms with Gasteiger partial charge in [0.25, 0.3) is 0 Å². The van der Waals surface area contributed by atoms with E-state index in [2.05, 4.69) is 36.3 Å². The second-order valence-electron chi connectivity index (χ2n) is 5.13. The van der Waals surface area contributed by atoms with Crippen molar-refractivity contribution in [3.8, 4) is 0 Å². The van der Waals surface area contributed by atoms with Crippen molar-refractivity contribution in [3.05, 3.63) is 23.9 Å². The van der Waals surface area contributed by atoms with Gasteiger partial charge in [0, 0.05) is 17.5 Å². The van der Waals surface area contributed by atoms with Crippen LogP contribution in [0.5, 0.6) is 0 Å². The van der Waals surface area contributed by atoms with Gasteiger partial charge in [0.1, 0.15) is 0 Å². The number of thioether (sulfide) groups is 1. The molecule has 2 rings (SSSR count). The zero-order valence-corrected chi connectivity index (χ0v) is 12.3. The van der Waals surface area contributed by atoms with Crippen LogP contribution in [-0.4, -0.2) is 16.8 Å². The van der Waals surface area contributed by atoms with Gasteiger partial charge in [-0.05, 0) is 50.4 Å². The van der Waals surface area contributed by atoms with Crippen LogP contribution in [0.3, 0.4) is 0 Å². The lowest BCUT2D eigenvalue weighted by molar-refractivity contribution is 0.569. The Bertz CT molecular complexity index is 361. The van der Waals surface area contributed by atoms with E-state index in [1.54, 1.807) is 0 Å². The maximum absolute atomic E-state index is 4.50. The third-order valence-corrected chi connectivity index (χ3v) is 4.82. The van der Waals surface area contributed by atoms with Crippen LogP contribution in [0.15, 0.2) is 23.4 Å². The molecule has 1 heterocycles. The van der Waals surface area contributed by atoms with Gasteiger partial charge < -0.3 is 5.32 Å². The third kappa shape index (κ3) is 3.99. The molecule has 1 aromatic rings. The van der Waals surface area contributed by atoms with Crippen molar-refractivity contribution in [2.45, 2.75) is 62.3 Å². The first kappa shape index (κ1) is 13.9. The van der Waals surface area contributed by atoms with E-state index < -0.39 is 0 Å². The molecule has 0 saturated heterocycles. The number of hydrogen-bond donors (Lipinski definition) is 1. The molecule has 18 heavy (non-hydrogen) atoms. The monoisotopic (exact) mass is 264 g/mol. The van der Waals surface area contributed by atoms with Gasteiger partial charge >= 0.3 is 0 Å². The van der Waals surface area contributed by atoms with Crippen LogP contribution < -0.4 is 5.32 Å². The van der Waals surface area contributed by atoms with Crippen LogP contribution in [0.1, 0.15) is 57.6 Å².